The number of hydrogen-bond donors (Lipinski definition) is 0. The number of benzene rings is 1. The SMILES string of the molecule is COc1ccc(-c2nc3c(=O)n(C)c(=O)n(C)c3n2C)cc1C. The number of nitrogens with zero attached hydrogens (tertiary/aromatic N) is 4. The standard InChI is InChI=1S/C16H18N4O3/c1-9-8-10(6-7-11(9)23-5)13-17-12-14(18(13)2)19(3)16(22)20(4)15(12)21/h6-8H,1-5H3. The van der Waals surface area contributed by atoms with Crippen molar-refractivity contribution in [3.63, 3.8) is 0 Å². The average Bonchev–Trinajstić information content (AvgIpc) is 2.88. The van der Waals surface area contributed by atoms with E-state index in [0.717, 1.165) is 21.4 Å². The van der Waals surface area contributed by atoms with Gasteiger partial charge >= 0.3 is 5.69 Å². The molecule has 0 aliphatic rings. The van der Waals surface area contributed by atoms with E-state index in [2.05, 4.69) is 4.98 Å². The van der Waals surface area contributed by atoms with Gasteiger partial charge in [0.15, 0.2) is 5.52 Å². The van der Waals surface area contributed by atoms with Crippen molar-refractivity contribution in [1.29, 1.82) is 0 Å². The molecule has 0 unspecified atom stereocenters. The van der Waals surface area contributed by atoms with Crippen LogP contribution in [0.15, 0.2) is 27.8 Å². The first-order chi connectivity index (χ1) is 10.9. The molecule has 2 aromatic heterocycles. The number of ether oxygens (including phenoxy) is 1. The Morgan fingerprint density at radius 1 is 1.04 bits per heavy atom. The van der Waals surface area contributed by atoms with E-state index < -0.39 is 5.56 Å². The van der Waals surface area contributed by atoms with Crippen molar-refractivity contribution in [3.05, 3.63) is 44.6 Å². The molecule has 0 bridgehead atoms. The van der Waals surface area contributed by atoms with Gasteiger partial charge in [-0.15, -0.1) is 0 Å². The van der Waals surface area contributed by atoms with E-state index in [1.54, 1.807) is 25.8 Å². The van der Waals surface area contributed by atoms with Gasteiger partial charge in [0.05, 0.1) is 7.11 Å². The van der Waals surface area contributed by atoms with Crippen LogP contribution in [0.2, 0.25) is 0 Å². The normalized spacial score (nSPS) is 11.2. The molecule has 0 aliphatic carbocycles. The summed E-state index contributed by atoms with van der Waals surface area (Å²) in [6.07, 6.45) is 0. The number of aromatic nitrogens is 4. The van der Waals surface area contributed by atoms with Crippen molar-refractivity contribution >= 4 is 11.2 Å². The molecule has 0 fully saturated rings. The predicted octanol–water partition coefficient (Wildman–Crippen LogP) is 0.955. The fourth-order valence-electron chi connectivity index (χ4n) is 2.85. The van der Waals surface area contributed by atoms with Crippen LogP contribution in [0.1, 0.15) is 5.56 Å². The summed E-state index contributed by atoms with van der Waals surface area (Å²) in [5, 5.41) is 0. The lowest BCUT2D eigenvalue weighted by molar-refractivity contribution is 0.412. The number of rotatable bonds is 2. The molecule has 120 valence electrons. The summed E-state index contributed by atoms with van der Waals surface area (Å²) in [5.41, 5.74) is 1.84. The van der Waals surface area contributed by atoms with Gasteiger partial charge in [-0.25, -0.2) is 9.78 Å². The van der Waals surface area contributed by atoms with Gasteiger partial charge in [-0.05, 0) is 30.7 Å². The smallest absolute Gasteiger partial charge is 0.332 e. The van der Waals surface area contributed by atoms with Gasteiger partial charge in [0.25, 0.3) is 5.56 Å². The van der Waals surface area contributed by atoms with Crippen LogP contribution < -0.4 is 16.0 Å². The highest BCUT2D eigenvalue weighted by Crippen LogP contribution is 2.26. The van der Waals surface area contributed by atoms with Gasteiger partial charge in [-0.2, -0.15) is 0 Å². The predicted molar refractivity (Wildman–Crippen MR) is 87.9 cm³/mol. The Morgan fingerprint density at radius 2 is 1.74 bits per heavy atom. The minimum atomic E-state index is -0.393. The summed E-state index contributed by atoms with van der Waals surface area (Å²) in [6.45, 7) is 1.94. The molecule has 23 heavy (non-hydrogen) atoms. The molecule has 7 nitrogen and oxygen atoms in total. The van der Waals surface area contributed by atoms with Gasteiger partial charge in [-0.3, -0.25) is 13.9 Å². The first-order valence-corrected chi connectivity index (χ1v) is 7.14. The van der Waals surface area contributed by atoms with Crippen LogP contribution in [-0.2, 0) is 21.1 Å². The molecule has 2 heterocycles. The topological polar surface area (TPSA) is 71.1 Å². The van der Waals surface area contributed by atoms with Crippen molar-refractivity contribution in [3.8, 4) is 17.1 Å². The number of hydrogen-bond acceptors (Lipinski definition) is 4. The fraction of sp³-hybridized carbons (Fsp3) is 0.312. The minimum Gasteiger partial charge on any atom is -0.496 e. The molecule has 0 atom stereocenters. The fourth-order valence-corrected chi connectivity index (χ4v) is 2.85. The zero-order chi connectivity index (χ0) is 16.9. The Hall–Kier alpha value is -2.83. The van der Waals surface area contributed by atoms with Crippen LogP contribution in [0.5, 0.6) is 5.75 Å². The highest BCUT2D eigenvalue weighted by atomic mass is 16.5. The largest absolute Gasteiger partial charge is 0.496 e. The number of imidazole rings is 1. The van der Waals surface area contributed by atoms with Crippen molar-refractivity contribution in [2.24, 2.45) is 21.1 Å². The van der Waals surface area contributed by atoms with E-state index in [1.165, 1.54) is 11.6 Å². The third-order valence-electron chi connectivity index (χ3n) is 4.12. The van der Waals surface area contributed by atoms with E-state index in [0.29, 0.717) is 11.5 Å². The molecule has 1 aromatic carbocycles. The minimum absolute atomic E-state index is 0.278. The molecule has 0 radical (unpaired) electrons. The quantitative estimate of drug-likeness (QED) is 0.706. The molecule has 0 N–H and O–H groups in total. The lowest BCUT2D eigenvalue weighted by atomic mass is 10.1. The maximum absolute atomic E-state index is 12.3. The van der Waals surface area contributed by atoms with Crippen LogP contribution in [0.25, 0.3) is 22.6 Å². The van der Waals surface area contributed by atoms with Crippen LogP contribution >= 0.6 is 0 Å². The van der Waals surface area contributed by atoms with Crippen LogP contribution in [0.3, 0.4) is 0 Å². The van der Waals surface area contributed by atoms with Gasteiger partial charge in [-0.1, -0.05) is 0 Å². The van der Waals surface area contributed by atoms with Crippen LogP contribution in [0.4, 0.5) is 0 Å². The van der Waals surface area contributed by atoms with Gasteiger partial charge in [0.2, 0.25) is 0 Å². The van der Waals surface area contributed by atoms with Gasteiger partial charge < -0.3 is 9.30 Å². The molecule has 7 heteroatoms. The van der Waals surface area contributed by atoms with Crippen LogP contribution in [0, 0.1) is 6.92 Å². The summed E-state index contributed by atoms with van der Waals surface area (Å²) >= 11 is 0. The van der Waals surface area contributed by atoms with Gasteiger partial charge in [0.1, 0.15) is 17.2 Å². The van der Waals surface area contributed by atoms with Crippen molar-refractivity contribution < 1.29 is 4.74 Å². The summed E-state index contributed by atoms with van der Waals surface area (Å²) in [7, 11) is 6.50. The number of fused-ring (bicyclic) bond motifs is 1. The molecule has 0 aliphatic heterocycles. The second kappa shape index (κ2) is 5.12. The molecule has 0 amide bonds. The Morgan fingerprint density at radius 3 is 2.35 bits per heavy atom. The maximum atomic E-state index is 12.3. The van der Waals surface area contributed by atoms with Crippen molar-refractivity contribution in [2.45, 2.75) is 6.92 Å². The molecule has 0 saturated carbocycles. The zero-order valence-electron chi connectivity index (χ0n) is 13.7. The Kier molecular flexibility index (Phi) is 3.35. The third kappa shape index (κ3) is 2.08. The molecule has 3 aromatic rings. The van der Waals surface area contributed by atoms with E-state index >= 15 is 0 Å². The summed E-state index contributed by atoms with van der Waals surface area (Å²) in [6, 6.07) is 5.69. The highest BCUT2D eigenvalue weighted by Gasteiger charge is 2.18. The zero-order valence-corrected chi connectivity index (χ0v) is 13.7. The number of methoxy groups -OCH3 is 1. The lowest BCUT2D eigenvalue weighted by Crippen LogP contribution is -2.37. The first-order valence-electron chi connectivity index (χ1n) is 7.14. The Labute approximate surface area is 132 Å². The Balaban J connectivity index is 2.37. The van der Waals surface area contributed by atoms with Crippen LogP contribution in [-0.4, -0.2) is 25.8 Å². The van der Waals surface area contributed by atoms with E-state index in [-0.39, 0.29) is 11.2 Å². The molecular formula is C16H18N4O3. The summed E-state index contributed by atoms with van der Waals surface area (Å²) in [4.78, 5) is 28.9. The van der Waals surface area contributed by atoms with E-state index in [1.807, 2.05) is 25.1 Å². The first kappa shape index (κ1) is 15.1. The van der Waals surface area contributed by atoms with Crippen molar-refractivity contribution in [1.82, 2.24) is 18.7 Å². The maximum Gasteiger partial charge on any atom is 0.332 e. The molecule has 3 rings (SSSR count). The third-order valence-corrected chi connectivity index (χ3v) is 4.12. The monoisotopic (exact) mass is 314 g/mol. The van der Waals surface area contributed by atoms with Crippen molar-refractivity contribution in [2.75, 3.05) is 7.11 Å². The summed E-state index contributed by atoms with van der Waals surface area (Å²) in [5.74, 6) is 1.42. The second-order valence-electron chi connectivity index (χ2n) is 5.56. The lowest BCUT2D eigenvalue weighted by Gasteiger charge is -2.08. The average molecular weight is 314 g/mol. The molecule has 0 saturated heterocycles. The summed E-state index contributed by atoms with van der Waals surface area (Å²) < 4.78 is 9.53. The highest BCUT2D eigenvalue weighted by molar-refractivity contribution is 5.77. The van der Waals surface area contributed by atoms with Gasteiger partial charge in [0, 0.05) is 26.7 Å². The number of aryl methyl sites for hydroxylation is 3. The Bertz CT molecular complexity index is 1040. The molecule has 0 spiro atoms. The second-order valence-corrected chi connectivity index (χ2v) is 5.56. The van der Waals surface area contributed by atoms with E-state index in [9.17, 15) is 9.59 Å². The molecular weight excluding hydrogens is 296 g/mol. The van der Waals surface area contributed by atoms with E-state index in [4.69, 9.17) is 4.74 Å².